The lowest BCUT2D eigenvalue weighted by Crippen LogP contribution is -1.98. The van der Waals surface area contributed by atoms with Crippen molar-refractivity contribution in [3.8, 4) is 11.8 Å². The van der Waals surface area contributed by atoms with Crippen molar-refractivity contribution in [1.29, 1.82) is 5.26 Å². The summed E-state index contributed by atoms with van der Waals surface area (Å²) in [6.45, 7) is 0.210. The van der Waals surface area contributed by atoms with Gasteiger partial charge in [-0.15, -0.1) is 0 Å². The molecule has 0 fully saturated rings. The Morgan fingerprint density at radius 1 is 1.07 bits per heavy atom. The van der Waals surface area contributed by atoms with Crippen molar-refractivity contribution in [2.75, 3.05) is 0 Å². The van der Waals surface area contributed by atoms with Crippen LogP contribution in [-0.4, -0.2) is 4.92 Å². The molecule has 150 valence electrons. The highest BCUT2D eigenvalue weighted by Crippen LogP contribution is 2.35. The Kier molecular flexibility index (Phi) is 6.96. The van der Waals surface area contributed by atoms with Crippen molar-refractivity contribution in [2.45, 2.75) is 6.61 Å². The van der Waals surface area contributed by atoms with Crippen molar-refractivity contribution in [3.05, 3.63) is 103 Å². The molecule has 3 aromatic rings. The summed E-state index contributed by atoms with van der Waals surface area (Å²) in [4.78, 5) is 10.3. The summed E-state index contributed by atoms with van der Waals surface area (Å²) in [7, 11) is 0. The zero-order valence-corrected chi connectivity index (χ0v) is 17.6. The first kappa shape index (κ1) is 21.7. The van der Waals surface area contributed by atoms with E-state index in [1.54, 1.807) is 30.3 Å². The molecule has 0 saturated carbocycles. The van der Waals surface area contributed by atoms with Crippen molar-refractivity contribution in [2.24, 2.45) is 0 Å². The van der Waals surface area contributed by atoms with E-state index in [9.17, 15) is 15.4 Å². The maximum absolute atomic E-state index is 10.8. The Balaban J connectivity index is 1.97. The van der Waals surface area contributed by atoms with Gasteiger partial charge in [0.25, 0.3) is 5.69 Å². The molecule has 30 heavy (non-hydrogen) atoms. The molecule has 3 aromatic carbocycles. The first-order valence-electron chi connectivity index (χ1n) is 8.60. The lowest BCUT2D eigenvalue weighted by molar-refractivity contribution is -0.384. The maximum atomic E-state index is 10.8. The molecule has 0 saturated heterocycles. The average Bonchev–Trinajstić information content (AvgIpc) is 2.71. The van der Waals surface area contributed by atoms with Crippen LogP contribution >= 0.6 is 34.8 Å². The van der Waals surface area contributed by atoms with Gasteiger partial charge in [0.05, 0.1) is 21.6 Å². The Morgan fingerprint density at radius 2 is 1.80 bits per heavy atom. The number of nitrogens with zero attached hydrogens (tertiary/aromatic N) is 2. The highest BCUT2D eigenvalue weighted by Gasteiger charge is 2.13. The third kappa shape index (κ3) is 5.31. The predicted octanol–water partition coefficient (Wildman–Crippen LogP) is 7.20. The minimum Gasteiger partial charge on any atom is -0.487 e. The van der Waals surface area contributed by atoms with E-state index in [2.05, 4.69) is 6.07 Å². The molecule has 0 bridgehead atoms. The van der Waals surface area contributed by atoms with Gasteiger partial charge in [-0.2, -0.15) is 5.26 Å². The fourth-order valence-corrected chi connectivity index (χ4v) is 3.50. The number of benzene rings is 3. The van der Waals surface area contributed by atoms with Crippen LogP contribution in [0.4, 0.5) is 5.69 Å². The summed E-state index contributed by atoms with van der Waals surface area (Å²) >= 11 is 18.5. The number of hydrogen-bond donors (Lipinski definition) is 0. The fourth-order valence-electron chi connectivity index (χ4n) is 2.72. The molecule has 5 nitrogen and oxygen atoms in total. The fraction of sp³-hybridized carbons (Fsp3) is 0.0455. The molecule has 0 unspecified atom stereocenters. The van der Waals surface area contributed by atoms with Crippen LogP contribution in [0.1, 0.15) is 16.7 Å². The topological polar surface area (TPSA) is 76.2 Å². The van der Waals surface area contributed by atoms with Gasteiger partial charge in [0.2, 0.25) is 0 Å². The minimum atomic E-state index is -0.502. The first-order chi connectivity index (χ1) is 14.4. The molecule has 0 spiro atoms. The SMILES string of the molecule is N#C/C(=C\c1cc(Cl)cc(Cl)c1OCc1cccc(Cl)c1)c1ccc([N+](=O)[O-])cc1. The summed E-state index contributed by atoms with van der Waals surface area (Å²) in [5, 5.41) is 21.7. The van der Waals surface area contributed by atoms with Crippen molar-refractivity contribution < 1.29 is 9.66 Å². The summed E-state index contributed by atoms with van der Waals surface area (Å²) in [6, 6.07) is 18.2. The van der Waals surface area contributed by atoms with Gasteiger partial charge in [-0.1, -0.05) is 46.9 Å². The van der Waals surface area contributed by atoms with Crippen LogP contribution in [0.2, 0.25) is 15.1 Å². The second-order valence-electron chi connectivity index (χ2n) is 6.20. The molecule has 8 heteroatoms. The summed E-state index contributed by atoms with van der Waals surface area (Å²) in [5.74, 6) is 0.357. The summed E-state index contributed by atoms with van der Waals surface area (Å²) < 4.78 is 5.90. The Hall–Kier alpha value is -3.04. The molecule has 0 heterocycles. The predicted molar refractivity (Wildman–Crippen MR) is 119 cm³/mol. The maximum Gasteiger partial charge on any atom is 0.269 e. The zero-order chi connectivity index (χ0) is 21.7. The molecule has 0 amide bonds. The van der Waals surface area contributed by atoms with E-state index in [1.165, 1.54) is 24.3 Å². The van der Waals surface area contributed by atoms with Crippen molar-refractivity contribution in [3.63, 3.8) is 0 Å². The number of nitro benzene ring substituents is 1. The molecule has 0 radical (unpaired) electrons. The van der Waals surface area contributed by atoms with Crippen LogP contribution in [0, 0.1) is 21.4 Å². The average molecular weight is 460 g/mol. The second-order valence-corrected chi connectivity index (χ2v) is 7.48. The number of nitro groups is 1. The largest absolute Gasteiger partial charge is 0.487 e. The number of non-ortho nitro benzene ring substituents is 1. The number of hydrogen-bond acceptors (Lipinski definition) is 4. The molecule has 0 atom stereocenters. The summed E-state index contributed by atoms with van der Waals surface area (Å²) in [5.41, 5.74) is 2.08. The van der Waals surface area contributed by atoms with Crippen LogP contribution in [0.15, 0.2) is 60.7 Å². The van der Waals surface area contributed by atoms with Gasteiger partial charge in [-0.3, -0.25) is 10.1 Å². The number of nitriles is 1. The second kappa shape index (κ2) is 9.64. The standard InChI is InChI=1S/C22H13Cl3N2O3/c23-18-3-1-2-14(8-18)13-30-22-16(10-19(24)11-21(22)25)9-17(12-26)15-4-6-20(7-5-15)27(28)29/h1-11H,13H2/b17-9+. The normalized spacial score (nSPS) is 11.1. The first-order valence-corrected chi connectivity index (χ1v) is 9.73. The molecule has 0 aliphatic carbocycles. The van der Waals surface area contributed by atoms with Gasteiger partial charge in [0.15, 0.2) is 0 Å². The summed E-state index contributed by atoms with van der Waals surface area (Å²) in [6.07, 6.45) is 1.58. The van der Waals surface area contributed by atoms with Gasteiger partial charge in [0.1, 0.15) is 12.4 Å². The van der Waals surface area contributed by atoms with E-state index in [-0.39, 0.29) is 22.9 Å². The number of ether oxygens (including phenoxy) is 1. The van der Waals surface area contributed by atoms with Crippen LogP contribution in [0.3, 0.4) is 0 Å². The van der Waals surface area contributed by atoms with E-state index in [0.717, 1.165) is 5.56 Å². The number of rotatable bonds is 6. The monoisotopic (exact) mass is 458 g/mol. The lowest BCUT2D eigenvalue weighted by Gasteiger charge is -2.13. The molecule has 0 aromatic heterocycles. The van der Waals surface area contributed by atoms with Crippen LogP contribution in [0.25, 0.3) is 11.6 Å². The van der Waals surface area contributed by atoms with E-state index < -0.39 is 4.92 Å². The zero-order valence-electron chi connectivity index (χ0n) is 15.3. The van der Waals surface area contributed by atoms with Crippen LogP contribution < -0.4 is 4.74 Å². The van der Waals surface area contributed by atoms with Crippen molar-refractivity contribution >= 4 is 52.1 Å². The van der Waals surface area contributed by atoms with E-state index in [4.69, 9.17) is 39.5 Å². The molecule has 0 aliphatic heterocycles. The quantitative estimate of drug-likeness (QED) is 0.169. The van der Waals surface area contributed by atoms with Gasteiger partial charge >= 0.3 is 0 Å². The molecular formula is C22H13Cl3N2O3. The number of allylic oxidation sites excluding steroid dienone is 1. The molecule has 0 aliphatic rings. The van der Waals surface area contributed by atoms with E-state index >= 15 is 0 Å². The van der Waals surface area contributed by atoms with Gasteiger partial charge in [-0.05, 0) is 53.6 Å². The van der Waals surface area contributed by atoms with Crippen LogP contribution in [0.5, 0.6) is 5.75 Å². The third-order valence-corrected chi connectivity index (χ3v) is 4.85. The number of halogens is 3. The van der Waals surface area contributed by atoms with E-state index in [0.29, 0.717) is 26.9 Å². The lowest BCUT2D eigenvalue weighted by atomic mass is 10.0. The smallest absolute Gasteiger partial charge is 0.269 e. The Bertz CT molecular complexity index is 1170. The molecule has 3 rings (SSSR count). The third-order valence-electron chi connectivity index (χ3n) is 4.12. The highest BCUT2D eigenvalue weighted by molar-refractivity contribution is 6.36. The van der Waals surface area contributed by atoms with Gasteiger partial charge < -0.3 is 4.74 Å². The Morgan fingerprint density at radius 3 is 2.43 bits per heavy atom. The van der Waals surface area contributed by atoms with Crippen molar-refractivity contribution in [1.82, 2.24) is 0 Å². The van der Waals surface area contributed by atoms with Gasteiger partial charge in [0, 0.05) is 27.7 Å². The van der Waals surface area contributed by atoms with E-state index in [1.807, 2.05) is 12.1 Å². The minimum absolute atomic E-state index is 0.0626. The van der Waals surface area contributed by atoms with Crippen LogP contribution in [-0.2, 0) is 6.61 Å². The Labute approximate surface area is 187 Å². The highest BCUT2D eigenvalue weighted by atomic mass is 35.5. The van der Waals surface area contributed by atoms with Gasteiger partial charge in [-0.25, -0.2) is 0 Å². The molecule has 0 N–H and O–H groups in total. The molecular weight excluding hydrogens is 447 g/mol.